The van der Waals surface area contributed by atoms with Crippen molar-refractivity contribution in [3.8, 4) is 0 Å². The molecule has 2 aromatic heterocycles. The SMILES string of the molecule is O=Cc1cc2ccnc(Cl)c2n1CC1CC1. The van der Waals surface area contributed by atoms with Crippen molar-refractivity contribution in [1.82, 2.24) is 9.55 Å². The van der Waals surface area contributed by atoms with Crippen LogP contribution in [0.15, 0.2) is 18.3 Å². The smallest absolute Gasteiger partial charge is 0.166 e. The summed E-state index contributed by atoms with van der Waals surface area (Å²) in [5.41, 5.74) is 1.58. The highest BCUT2D eigenvalue weighted by molar-refractivity contribution is 6.34. The predicted molar refractivity (Wildman–Crippen MR) is 62.9 cm³/mol. The van der Waals surface area contributed by atoms with Crippen LogP contribution < -0.4 is 0 Å². The van der Waals surface area contributed by atoms with Gasteiger partial charge in [-0.1, -0.05) is 11.6 Å². The van der Waals surface area contributed by atoms with Crippen LogP contribution in [-0.2, 0) is 6.54 Å². The summed E-state index contributed by atoms with van der Waals surface area (Å²) in [6.45, 7) is 0.878. The second-order valence-electron chi connectivity index (χ2n) is 4.28. The van der Waals surface area contributed by atoms with Gasteiger partial charge in [-0.25, -0.2) is 4.98 Å². The standard InChI is InChI=1S/C12H11ClN2O/c13-12-11-9(3-4-14-12)5-10(7-16)15(11)6-8-1-2-8/h3-5,7-8H,1-2,6H2. The molecule has 0 aliphatic heterocycles. The molecule has 2 heterocycles. The van der Waals surface area contributed by atoms with Crippen LogP contribution in [0.4, 0.5) is 0 Å². The molecule has 82 valence electrons. The molecule has 2 aromatic rings. The Kier molecular flexibility index (Phi) is 2.21. The molecular weight excluding hydrogens is 224 g/mol. The van der Waals surface area contributed by atoms with Gasteiger partial charge in [0.25, 0.3) is 0 Å². The molecule has 0 N–H and O–H groups in total. The average Bonchev–Trinajstić information content (AvgIpc) is 3.00. The first-order valence-corrected chi connectivity index (χ1v) is 5.76. The van der Waals surface area contributed by atoms with Crippen molar-refractivity contribution in [2.45, 2.75) is 19.4 Å². The predicted octanol–water partition coefficient (Wildman–Crippen LogP) is 2.91. The molecule has 1 aliphatic carbocycles. The molecule has 1 fully saturated rings. The Morgan fingerprint density at radius 2 is 2.38 bits per heavy atom. The van der Waals surface area contributed by atoms with Crippen molar-refractivity contribution in [2.75, 3.05) is 0 Å². The zero-order valence-corrected chi connectivity index (χ0v) is 9.44. The quantitative estimate of drug-likeness (QED) is 0.605. The van der Waals surface area contributed by atoms with Crippen molar-refractivity contribution in [3.63, 3.8) is 0 Å². The van der Waals surface area contributed by atoms with E-state index in [1.54, 1.807) is 6.20 Å². The molecule has 3 rings (SSSR count). The van der Waals surface area contributed by atoms with Gasteiger partial charge >= 0.3 is 0 Å². The molecule has 0 aromatic carbocycles. The maximum atomic E-state index is 11.0. The highest BCUT2D eigenvalue weighted by Gasteiger charge is 2.24. The van der Waals surface area contributed by atoms with Crippen molar-refractivity contribution >= 4 is 28.8 Å². The van der Waals surface area contributed by atoms with Crippen molar-refractivity contribution in [2.24, 2.45) is 5.92 Å². The number of halogens is 1. The Hall–Kier alpha value is -1.35. The fourth-order valence-corrected chi connectivity index (χ4v) is 2.31. The first-order valence-electron chi connectivity index (χ1n) is 5.38. The van der Waals surface area contributed by atoms with E-state index in [2.05, 4.69) is 4.98 Å². The van der Waals surface area contributed by atoms with Gasteiger partial charge in [-0.05, 0) is 30.9 Å². The van der Waals surface area contributed by atoms with Crippen molar-refractivity contribution in [3.05, 3.63) is 29.2 Å². The van der Waals surface area contributed by atoms with Gasteiger partial charge < -0.3 is 4.57 Å². The van der Waals surface area contributed by atoms with E-state index in [0.717, 1.165) is 23.7 Å². The van der Waals surface area contributed by atoms with Crippen LogP contribution in [0.5, 0.6) is 0 Å². The lowest BCUT2D eigenvalue weighted by molar-refractivity contribution is 0.111. The molecule has 16 heavy (non-hydrogen) atoms. The normalized spacial score (nSPS) is 15.6. The summed E-state index contributed by atoms with van der Waals surface area (Å²) in [5, 5.41) is 1.47. The Morgan fingerprint density at radius 3 is 3.06 bits per heavy atom. The zero-order valence-electron chi connectivity index (χ0n) is 8.69. The molecule has 0 unspecified atom stereocenters. The summed E-state index contributed by atoms with van der Waals surface area (Å²) in [4.78, 5) is 15.1. The molecular formula is C12H11ClN2O. The third-order valence-electron chi connectivity index (χ3n) is 3.05. The van der Waals surface area contributed by atoms with Crippen LogP contribution in [0.1, 0.15) is 23.3 Å². The lowest BCUT2D eigenvalue weighted by Crippen LogP contribution is -2.04. The third kappa shape index (κ3) is 1.52. The second kappa shape index (κ2) is 3.59. The number of aldehydes is 1. The molecule has 0 atom stereocenters. The van der Waals surface area contributed by atoms with Gasteiger partial charge in [-0.2, -0.15) is 0 Å². The molecule has 0 amide bonds. The summed E-state index contributed by atoms with van der Waals surface area (Å²) < 4.78 is 2.00. The summed E-state index contributed by atoms with van der Waals surface area (Å²) in [6.07, 6.45) is 5.05. The van der Waals surface area contributed by atoms with E-state index in [9.17, 15) is 4.79 Å². The second-order valence-corrected chi connectivity index (χ2v) is 4.64. The fourth-order valence-electron chi connectivity index (χ4n) is 2.05. The molecule has 0 saturated heterocycles. The van der Waals surface area contributed by atoms with Crippen molar-refractivity contribution in [1.29, 1.82) is 0 Å². The molecule has 1 saturated carbocycles. The number of carbonyl (C=O) groups excluding carboxylic acids is 1. The molecule has 0 bridgehead atoms. The Balaban J connectivity index is 2.23. The monoisotopic (exact) mass is 234 g/mol. The van der Waals surface area contributed by atoms with Crippen molar-refractivity contribution < 1.29 is 4.79 Å². The van der Waals surface area contributed by atoms with Gasteiger partial charge in [0.15, 0.2) is 11.4 Å². The zero-order chi connectivity index (χ0) is 11.1. The van der Waals surface area contributed by atoms with E-state index in [4.69, 9.17) is 11.6 Å². The Bertz CT molecular complexity index is 557. The average molecular weight is 235 g/mol. The van der Waals surface area contributed by atoms with E-state index in [1.165, 1.54) is 12.8 Å². The summed E-state index contributed by atoms with van der Waals surface area (Å²) in [5.74, 6) is 0.700. The number of hydrogen-bond acceptors (Lipinski definition) is 2. The molecule has 0 spiro atoms. The first-order chi connectivity index (χ1) is 7.79. The van der Waals surface area contributed by atoms with Gasteiger partial charge in [0.05, 0.1) is 11.2 Å². The molecule has 3 nitrogen and oxygen atoms in total. The van der Waals surface area contributed by atoms with E-state index < -0.39 is 0 Å². The lowest BCUT2D eigenvalue weighted by Gasteiger charge is -2.06. The van der Waals surface area contributed by atoms with Crippen LogP contribution in [0.2, 0.25) is 5.15 Å². The fraction of sp³-hybridized carbons (Fsp3) is 0.333. The van der Waals surface area contributed by atoms with Crippen LogP contribution in [0.25, 0.3) is 10.9 Å². The molecule has 4 heteroatoms. The maximum Gasteiger partial charge on any atom is 0.166 e. The number of carbonyl (C=O) groups is 1. The largest absolute Gasteiger partial charge is 0.336 e. The Labute approximate surface area is 98.0 Å². The van der Waals surface area contributed by atoms with E-state index in [1.807, 2.05) is 16.7 Å². The van der Waals surface area contributed by atoms with Crippen LogP contribution in [0, 0.1) is 5.92 Å². The maximum absolute atomic E-state index is 11.0. The van der Waals surface area contributed by atoms with Crippen LogP contribution in [0.3, 0.4) is 0 Å². The van der Waals surface area contributed by atoms with E-state index >= 15 is 0 Å². The summed E-state index contributed by atoms with van der Waals surface area (Å²) >= 11 is 6.09. The van der Waals surface area contributed by atoms with Gasteiger partial charge in [0.1, 0.15) is 0 Å². The lowest BCUT2D eigenvalue weighted by atomic mass is 10.3. The molecule has 1 aliphatic rings. The van der Waals surface area contributed by atoms with Gasteiger partial charge in [0, 0.05) is 18.1 Å². The van der Waals surface area contributed by atoms with E-state index in [-0.39, 0.29) is 0 Å². The van der Waals surface area contributed by atoms with Gasteiger partial charge in [0.2, 0.25) is 0 Å². The van der Waals surface area contributed by atoms with Gasteiger partial charge in [-0.15, -0.1) is 0 Å². The number of hydrogen-bond donors (Lipinski definition) is 0. The van der Waals surface area contributed by atoms with Crippen LogP contribution >= 0.6 is 11.6 Å². The Morgan fingerprint density at radius 1 is 1.56 bits per heavy atom. The number of aromatic nitrogens is 2. The first kappa shape index (κ1) is 9.85. The number of pyridine rings is 1. The summed E-state index contributed by atoms with van der Waals surface area (Å²) in [6, 6.07) is 3.76. The number of fused-ring (bicyclic) bond motifs is 1. The topological polar surface area (TPSA) is 34.9 Å². The number of nitrogens with zero attached hydrogens (tertiary/aromatic N) is 2. The third-order valence-corrected chi connectivity index (χ3v) is 3.33. The number of rotatable bonds is 3. The minimum absolute atomic E-state index is 0.478. The van der Waals surface area contributed by atoms with Crippen LogP contribution in [-0.4, -0.2) is 15.8 Å². The van der Waals surface area contributed by atoms with E-state index in [0.29, 0.717) is 16.8 Å². The minimum atomic E-state index is 0.478. The summed E-state index contributed by atoms with van der Waals surface area (Å²) in [7, 11) is 0. The van der Waals surface area contributed by atoms with Gasteiger partial charge in [-0.3, -0.25) is 4.79 Å². The highest BCUT2D eigenvalue weighted by atomic mass is 35.5. The minimum Gasteiger partial charge on any atom is -0.336 e. The molecule has 0 radical (unpaired) electrons. The highest BCUT2D eigenvalue weighted by Crippen LogP contribution is 2.34.